The Morgan fingerprint density at radius 3 is 3.08 bits per heavy atom. The van der Waals surface area contributed by atoms with E-state index in [-0.39, 0.29) is 0 Å². The molecule has 0 radical (unpaired) electrons. The van der Waals surface area contributed by atoms with Crippen molar-refractivity contribution in [2.24, 2.45) is 11.7 Å². The van der Waals surface area contributed by atoms with Crippen molar-refractivity contribution in [1.29, 1.82) is 0 Å². The highest BCUT2D eigenvalue weighted by molar-refractivity contribution is 7.09. The molecule has 1 aliphatic rings. The van der Waals surface area contributed by atoms with Crippen LogP contribution in [0.1, 0.15) is 24.1 Å². The third-order valence-electron chi connectivity index (χ3n) is 2.44. The molecule has 1 aliphatic carbocycles. The summed E-state index contributed by atoms with van der Waals surface area (Å²) in [5, 5.41) is 0. The Kier molecular flexibility index (Phi) is 2.42. The number of thiazole rings is 1. The van der Waals surface area contributed by atoms with Crippen LogP contribution in [0.5, 0.6) is 0 Å². The number of hydrogen-bond donors (Lipinski definition) is 1. The molecule has 66 valence electrons. The van der Waals surface area contributed by atoms with E-state index in [1.165, 1.54) is 17.7 Å². The van der Waals surface area contributed by atoms with Crippen LogP contribution >= 0.6 is 11.3 Å². The largest absolute Gasteiger partial charge is 0.327 e. The third-order valence-corrected chi connectivity index (χ3v) is 3.27. The van der Waals surface area contributed by atoms with Crippen molar-refractivity contribution >= 4 is 11.3 Å². The summed E-state index contributed by atoms with van der Waals surface area (Å²) >= 11 is 1.73. The Morgan fingerprint density at radius 2 is 2.50 bits per heavy atom. The van der Waals surface area contributed by atoms with E-state index < -0.39 is 0 Å². The molecule has 1 unspecified atom stereocenters. The van der Waals surface area contributed by atoms with Gasteiger partial charge in [0.2, 0.25) is 0 Å². The molecular formula is C9H14N2S. The van der Waals surface area contributed by atoms with E-state index in [1.54, 1.807) is 11.3 Å². The monoisotopic (exact) mass is 182 g/mol. The molecule has 2 rings (SSSR count). The minimum atomic E-state index is 0.437. The maximum atomic E-state index is 5.98. The second-order valence-electron chi connectivity index (χ2n) is 3.51. The van der Waals surface area contributed by atoms with E-state index in [9.17, 15) is 0 Å². The number of rotatable bonds is 4. The van der Waals surface area contributed by atoms with Crippen LogP contribution in [-0.4, -0.2) is 11.0 Å². The molecule has 0 bridgehead atoms. The van der Waals surface area contributed by atoms with Gasteiger partial charge in [0.05, 0.1) is 5.51 Å². The molecule has 12 heavy (non-hydrogen) atoms. The summed E-state index contributed by atoms with van der Waals surface area (Å²) in [4.78, 5) is 5.41. The topological polar surface area (TPSA) is 38.9 Å². The zero-order valence-corrected chi connectivity index (χ0v) is 7.89. The van der Waals surface area contributed by atoms with Gasteiger partial charge in [-0.3, -0.25) is 4.98 Å². The first-order valence-corrected chi connectivity index (χ1v) is 5.37. The van der Waals surface area contributed by atoms with Crippen LogP contribution in [0.4, 0.5) is 0 Å². The van der Waals surface area contributed by atoms with Crippen molar-refractivity contribution in [3.05, 3.63) is 16.6 Å². The minimum absolute atomic E-state index is 0.437. The number of hydrogen-bond acceptors (Lipinski definition) is 3. The fraction of sp³-hybridized carbons (Fsp3) is 0.667. The highest BCUT2D eigenvalue weighted by atomic mass is 32.1. The fourth-order valence-corrected chi connectivity index (χ4v) is 2.05. The van der Waals surface area contributed by atoms with Crippen LogP contribution < -0.4 is 5.73 Å². The molecule has 2 nitrogen and oxygen atoms in total. The first-order chi connectivity index (χ1) is 5.86. The van der Waals surface area contributed by atoms with Crippen LogP contribution in [0, 0.1) is 5.92 Å². The number of nitrogens with zero attached hydrogens (tertiary/aromatic N) is 1. The smallest absolute Gasteiger partial charge is 0.0794 e. The van der Waals surface area contributed by atoms with Gasteiger partial charge in [0.1, 0.15) is 0 Å². The molecule has 0 aliphatic heterocycles. The zero-order chi connectivity index (χ0) is 8.39. The summed E-state index contributed by atoms with van der Waals surface area (Å²) in [5.74, 6) is 0.831. The minimum Gasteiger partial charge on any atom is -0.327 e. The summed E-state index contributed by atoms with van der Waals surface area (Å²) in [6, 6.07) is 0.437. The molecule has 0 saturated heterocycles. The van der Waals surface area contributed by atoms with E-state index in [1.807, 2.05) is 11.7 Å². The second-order valence-corrected chi connectivity index (χ2v) is 4.48. The Morgan fingerprint density at radius 1 is 1.67 bits per heavy atom. The van der Waals surface area contributed by atoms with Crippen LogP contribution in [-0.2, 0) is 6.42 Å². The molecular weight excluding hydrogens is 168 g/mol. The van der Waals surface area contributed by atoms with Crippen molar-refractivity contribution in [2.75, 3.05) is 0 Å². The Labute approximate surface area is 76.8 Å². The molecule has 3 heteroatoms. The SMILES string of the molecule is NC(CCc1cncs1)C1CC1. The highest BCUT2D eigenvalue weighted by Gasteiger charge is 2.27. The summed E-state index contributed by atoms with van der Waals surface area (Å²) in [6.45, 7) is 0. The van der Waals surface area contributed by atoms with Crippen molar-refractivity contribution < 1.29 is 0 Å². The zero-order valence-electron chi connectivity index (χ0n) is 7.07. The van der Waals surface area contributed by atoms with Gasteiger partial charge in [-0.25, -0.2) is 0 Å². The summed E-state index contributed by atoms with van der Waals surface area (Å²) < 4.78 is 0. The maximum absolute atomic E-state index is 5.98. The van der Waals surface area contributed by atoms with Gasteiger partial charge in [-0.15, -0.1) is 11.3 Å². The predicted molar refractivity (Wildman–Crippen MR) is 51.1 cm³/mol. The van der Waals surface area contributed by atoms with E-state index in [0.29, 0.717) is 6.04 Å². The van der Waals surface area contributed by atoms with Gasteiger partial charge in [0, 0.05) is 17.1 Å². The molecule has 2 N–H and O–H groups in total. The van der Waals surface area contributed by atoms with E-state index in [0.717, 1.165) is 18.8 Å². The van der Waals surface area contributed by atoms with Crippen molar-refractivity contribution in [2.45, 2.75) is 31.7 Å². The van der Waals surface area contributed by atoms with Crippen LogP contribution in [0.3, 0.4) is 0 Å². The van der Waals surface area contributed by atoms with Crippen LogP contribution in [0.25, 0.3) is 0 Å². The second kappa shape index (κ2) is 3.54. The molecule has 0 aromatic carbocycles. The lowest BCUT2D eigenvalue weighted by molar-refractivity contribution is 0.552. The molecule has 1 heterocycles. The number of aryl methyl sites for hydroxylation is 1. The van der Waals surface area contributed by atoms with Gasteiger partial charge in [0.15, 0.2) is 0 Å². The lowest BCUT2D eigenvalue weighted by atomic mass is 10.1. The normalized spacial score (nSPS) is 19.4. The summed E-state index contributed by atoms with van der Waals surface area (Å²) in [6.07, 6.45) is 6.90. The van der Waals surface area contributed by atoms with Crippen LogP contribution in [0.15, 0.2) is 11.7 Å². The average molecular weight is 182 g/mol. The van der Waals surface area contributed by atoms with Crippen molar-refractivity contribution in [3.8, 4) is 0 Å². The first kappa shape index (κ1) is 8.20. The molecule has 1 aromatic rings. The Bertz CT molecular complexity index is 229. The van der Waals surface area contributed by atoms with Gasteiger partial charge in [-0.05, 0) is 31.6 Å². The molecule has 0 spiro atoms. The molecule has 1 aromatic heterocycles. The maximum Gasteiger partial charge on any atom is 0.0794 e. The van der Waals surface area contributed by atoms with E-state index in [2.05, 4.69) is 4.98 Å². The van der Waals surface area contributed by atoms with Crippen molar-refractivity contribution in [3.63, 3.8) is 0 Å². The first-order valence-electron chi connectivity index (χ1n) is 4.49. The van der Waals surface area contributed by atoms with Crippen molar-refractivity contribution in [1.82, 2.24) is 4.98 Å². The Hall–Kier alpha value is -0.410. The molecule has 0 amide bonds. The predicted octanol–water partition coefficient (Wildman–Crippen LogP) is 1.81. The lowest BCUT2D eigenvalue weighted by Gasteiger charge is -2.07. The lowest BCUT2D eigenvalue weighted by Crippen LogP contribution is -2.22. The Balaban J connectivity index is 1.74. The quantitative estimate of drug-likeness (QED) is 0.771. The van der Waals surface area contributed by atoms with E-state index >= 15 is 0 Å². The van der Waals surface area contributed by atoms with E-state index in [4.69, 9.17) is 5.73 Å². The number of nitrogens with two attached hydrogens (primary N) is 1. The fourth-order valence-electron chi connectivity index (χ4n) is 1.43. The third kappa shape index (κ3) is 2.05. The average Bonchev–Trinajstić information content (AvgIpc) is 2.80. The summed E-state index contributed by atoms with van der Waals surface area (Å²) in [7, 11) is 0. The van der Waals surface area contributed by atoms with Gasteiger partial charge < -0.3 is 5.73 Å². The van der Waals surface area contributed by atoms with Gasteiger partial charge >= 0.3 is 0 Å². The molecule has 1 saturated carbocycles. The number of aromatic nitrogens is 1. The van der Waals surface area contributed by atoms with Gasteiger partial charge in [0.25, 0.3) is 0 Å². The summed E-state index contributed by atoms with van der Waals surface area (Å²) in [5.41, 5.74) is 7.87. The standard InChI is InChI=1S/C9H14N2S/c10-9(7-1-2-7)4-3-8-5-11-6-12-8/h5-7,9H,1-4,10H2. The highest BCUT2D eigenvalue weighted by Crippen LogP contribution is 2.33. The van der Waals surface area contributed by atoms with Gasteiger partial charge in [-0.1, -0.05) is 0 Å². The molecule has 1 fully saturated rings. The molecule has 1 atom stereocenters. The van der Waals surface area contributed by atoms with Gasteiger partial charge in [-0.2, -0.15) is 0 Å². The van der Waals surface area contributed by atoms with Crippen LogP contribution in [0.2, 0.25) is 0 Å².